The van der Waals surface area contributed by atoms with Crippen molar-refractivity contribution < 1.29 is 0 Å². The maximum absolute atomic E-state index is 8.81. The Kier molecular flexibility index (Phi) is 3.49. The lowest BCUT2D eigenvalue weighted by atomic mass is 10.0. The molecule has 88 valence electrons. The summed E-state index contributed by atoms with van der Waals surface area (Å²) in [6.45, 7) is 6.21. The summed E-state index contributed by atoms with van der Waals surface area (Å²) in [5.74, 6) is 0.579. The van der Waals surface area contributed by atoms with E-state index in [2.05, 4.69) is 49.1 Å². The third-order valence-electron chi connectivity index (χ3n) is 3.28. The molecule has 0 atom stereocenters. The second-order valence-electron chi connectivity index (χ2n) is 4.78. The van der Waals surface area contributed by atoms with Gasteiger partial charge >= 0.3 is 0 Å². The fourth-order valence-corrected chi connectivity index (χ4v) is 2.08. The van der Waals surface area contributed by atoms with Gasteiger partial charge in [-0.15, -0.1) is 0 Å². The van der Waals surface area contributed by atoms with Crippen molar-refractivity contribution in [3.8, 4) is 6.07 Å². The lowest BCUT2D eigenvalue weighted by Crippen LogP contribution is -2.28. The standard InChI is InChI=1S/C15H18N2/c1-12(2)14-3-5-15(6-4-14)17-9-7-13(11-16)8-10-17/h3-7,12H,8-10H2,1-2H3. The van der Waals surface area contributed by atoms with E-state index >= 15 is 0 Å². The summed E-state index contributed by atoms with van der Waals surface area (Å²) in [5.41, 5.74) is 3.54. The molecule has 1 heterocycles. The lowest BCUT2D eigenvalue weighted by Gasteiger charge is -2.27. The van der Waals surface area contributed by atoms with Gasteiger partial charge in [-0.2, -0.15) is 5.26 Å². The Labute approximate surface area is 103 Å². The first kappa shape index (κ1) is 11.7. The first-order valence-electron chi connectivity index (χ1n) is 6.14. The van der Waals surface area contributed by atoms with Gasteiger partial charge < -0.3 is 4.90 Å². The minimum absolute atomic E-state index is 0.579. The largest absolute Gasteiger partial charge is 0.367 e. The molecule has 2 heteroatoms. The van der Waals surface area contributed by atoms with Crippen molar-refractivity contribution >= 4 is 5.69 Å². The molecule has 0 spiro atoms. The van der Waals surface area contributed by atoms with Crippen LogP contribution in [-0.4, -0.2) is 13.1 Å². The molecule has 0 aromatic heterocycles. The van der Waals surface area contributed by atoms with E-state index in [-0.39, 0.29) is 0 Å². The Balaban J connectivity index is 2.09. The summed E-state index contributed by atoms with van der Waals surface area (Å²) < 4.78 is 0. The van der Waals surface area contributed by atoms with Crippen LogP contribution in [0.25, 0.3) is 0 Å². The molecule has 0 radical (unpaired) electrons. The molecule has 0 saturated heterocycles. The van der Waals surface area contributed by atoms with Gasteiger partial charge in [0.1, 0.15) is 0 Å². The molecule has 1 aromatic rings. The maximum Gasteiger partial charge on any atom is 0.0945 e. The highest BCUT2D eigenvalue weighted by Gasteiger charge is 2.11. The molecule has 0 aliphatic carbocycles. The van der Waals surface area contributed by atoms with Crippen LogP contribution in [0.5, 0.6) is 0 Å². The van der Waals surface area contributed by atoms with Crippen LogP contribution >= 0.6 is 0 Å². The van der Waals surface area contributed by atoms with Crippen LogP contribution in [0.3, 0.4) is 0 Å². The topological polar surface area (TPSA) is 27.0 Å². The van der Waals surface area contributed by atoms with Crippen molar-refractivity contribution in [2.75, 3.05) is 18.0 Å². The predicted octanol–water partition coefficient (Wildman–Crippen LogP) is 3.47. The highest BCUT2D eigenvalue weighted by molar-refractivity contribution is 5.50. The normalized spacial score (nSPS) is 15.6. The van der Waals surface area contributed by atoms with Gasteiger partial charge in [-0.1, -0.05) is 32.1 Å². The predicted molar refractivity (Wildman–Crippen MR) is 71.1 cm³/mol. The van der Waals surface area contributed by atoms with Crippen LogP contribution in [0, 0.1) is 11.3 Å². The van der Waals surface area contributed by atoms with Crippen LogP contribution in [-0.2, 0) is 0 Å². The molecule has 2 rings (SSSR count). The van der Waals surface area contributed by atoms with E-state index in [1.54, 1.807) is 0 Å². The molecular weight excluding hydrogens is 208 g/mol. The zero-order valence-electron chi connectivity index (χ0n) is 10.5. The first-order chi connectivity index (χ1) is 8.20. The van der Waals surface area contributed by atoms with Crippen LogP contribution in [0.2, 0.25) is 0 Å². The maximum atomic E-state index is 8.81. The van der Waals surface area contributed by atoms with Crippen molar-refractivity contribution in [2.24, 2.45) is 0 Å². The molecule has 0 N–H and O–H groups in total. The Morgan fingerprint density at radius 3 is 2.41 bits per heavy atom. The molecule has 1 aliphatic rings. The Hall–Kier alpha value is -1.75. The summed E-state index contributed by atoms with van der Waals surface area (Å²) in [6.07, 6.45) is 2.89. The van der Waals surface area contributed by atoms with E-state index in [1.165, 1.54) is 11.3 Å². The van der Waals surface area contributed by atoms with Gasteiger partial charge in [0, 0.05) is 24.4 Å². The highest BCUT2D eigenvalue weighted by Crippen LogP contribution is 2.22. The second-order valence-corrected chi connectivity index (χ2v) is 4.78. The molecule has 2 nitrogen and oxygen atoms in total. The minimum Gasteiger partial charge on any atom is -0.367 e. The number of nitriles is 1. The third-order valence-corrected chi connectivity index (χ3v) is 3.28. The van der Waals surface area contributed by atoms with Crippen molar-refractivity contribution in [1.82, 2.24) is 0 Å². The van der Waals surface area contributed by atoms with Gasteiger partial charge in [0.2, 0.25) is 0 Å². The van der Waals surface area contributed by atoms with Crippen molar-refractivity contribution in [2.45, 2.75) is 26.2 Å². The number of anilines is 1. The molecule has 0 unspecified atom stereocenters. The van der Waals surface area contributed by atoms with Crippen LogP contribution < -0.4 is 4.90 Å². The number of nitrogens with zero attached hydrogens (tertiary/aromatic N) is 2. The van der Waals surface area contributed by atoms with Gasteiger partial charge in [-0.05, 0) is 30.0 Å². The van der Waals surface area contributed by atoms with Crippen LogP contribution in [0.15, 0.2) is 35.9 Å². The fraction of sp³-hybridized carbons (Fsp3) is 0.400. The van der Waals surface area contributed by atoms with Gasteiger partial charge in [0.05, 0.1) is 6.07 Å². The highest BCUT2D eigenvalue weighted by atomic mass is 15.1. The number of hydrogen-bond donors (Lipinski definition) is 0. The summed E-state index contributed by atoms with van der Waals surface area (Å²) in [6, 6.07) is 11.0. The summed E-state index contributed by atoms with van der Waals surface area (Å²) in [7, 11) is 0. The molecular formula is C15H18N2. The molecule has 0 saturated carbocycles. The molecule has 0 bridgehead atoms. The molecule has 0 amide bonds. The van der Waals surface area contributed by atoms with Crippen LogP contribution in [0.1, 0.15) is 31.7 Å². The van der Waals surface area contributed by atoms with E-state index in [4.69, 9.17) is 5.26 Å². The van der Waals surface area contributed by atoms with E-state index in [0.717, 1.165) is 25.1 Å². The number of benzene rings is 1. The summed E-state index contributed by atoms with van der Waals surface area (Å²) in [4.78, 5) is 2.31. The average Bonchev–Trinajstić information content (AvgIpc) is 2.39. The molecule has 1 aliphatic heterocycles. The number of hydrogen-bond acceptors (Lipinski definition) is 2. The molecule has 0 fully saturated rings. The summed E-state index contributed by atoms with van der Waals surface area (Å²) in [5, 5.41) is 8.81. The Morgan fingerprint density at radius 2 is 1.94 bits per heavy atom. The van der Waals surface area contributed by atoms with Crippen LogP contribution in [0.4, 0.5) is 5.69 Å². The summed E-state index contributed by atoms with van der Waals surface area (Å²) >= 11 is 0. The zero-order chi connectivity index (χ0) is 12.3. The van der Waals surface area contributed by atoms with Crippen molar-refractivity contribution in [3.05, 3.63) is 41.5 Å². The lowest BCUT2D eigenvalue weighted by molar-refractivity contribution is 0.800. The monoisotopic (exact) mass is 226 g/mol. The van der Waals surface area contributed by atoms with Crippen molar-refractivity contribution in [1.29, 1.82) is 5.26 Å². The zero-order valence-corrected chi connectivity index (χ0v) is 10.5. The minimum atomic E-state index is 0.579. The van der Waals surface area contributed by atoms with E-state index < -0.39 is 0 Å². The SMILES string of the molecule is CC(C)c1ccc(N2CC=C(C#N)CC2)cc1. The van der Waals surface area contributed by atoms with Gasteiger partial charge in [-0.3, -0.25) is 0 Å². The quantitative estimate of drug-likeness (QED) is 0.772. The molecule has 1 aromatic carbocycles. The average molecular weight is 226 g/mol. The Bertz CT molecular complexity index is 449. The second kappa shape index (κ2) is 5.05. The smallest absolute Gasteiger partial charge is 0.0945 e. The van der Waals surface area contributed by atoms with E-state index in [1.807, 2.05) is 6.08 Å². The fourth-order valence-electron chi connectivity index (χ4n) is 2.08. The first-order valence-corrected chi connectivity index (χ1v) is 6.14. The van der Waals surface area contributed by atoms with Gasteiger partial charge in [0.15, 0.2) is 0 Å². The molecule has 17 heavy (non-hydrogen) atoms. The van der Waals surface area contributed by atoms with E-state index in [0.29, 0.717) is 5.92 Å². The third kappa shape index (κ3) is 2.68. The van der Waals surface area contributed by atoms with Crippen molar-refractivity contribution in [3.63, 3.8) is 0 Å². The Morgan fingerprint density at radius 1 is 1.24 bits per heavy atom. The number of rotatable bonds is 2. The van der Waals surface area contributed by atoms with Gasteiger partial charge in [-0.25, -0.2) is 0 Å². The van der Waals surface area contributed by atoms with E-state index in [9.17, 15) is 0 Å². The van der Waals surface area contributed by atoms with Gasteiger partial charge in [0.25, 0.3) is 0 Å².